The molecule has 0 saturated heterocycles. The molecule has 1 heterocycles. The number of hydrogen-bond acceptors (Lipinski definition) is 5. The van der Waals surface area contributed by atoms with Crippen molar-refractivity contribution in [1.29, 1.82) is 0 Å². The normalized spacial score (nSPS) is 19.7. The number of methoxy groups -OCH3 is 1. The molecule has 19 heavy (non-hydrogen) atoms. The van der Waals surface area contributed by atoms with E-state index >= 15 is 0 Å². The number of allylic oxidation sites excluding steroid dienone is 2. The van der Waals surface area contributed by atoms with Crippen molar-refractivity contribution >= 4 is 11.5 Å². The highest BCUT2D eigenvalue weighted by molar-refractivity contribution is 6.01. The summed E-state index contributed by atoms with van der Waals surface area (Å²) >= 11 is 0. The molecule has 1 unspecified atom stereocenters. The van der Waals surface area contributed by atoms with Crippen LogP contribution in [0.15, 0.2) is 42.2 Å². The largest absolute Gasteiger partial charge is 0.467 e. The number of ether oxygens (including phenoxy) is 3. The minimum atomic E-state index is -0.0871. The minimum absolute atomic E-state index is 0.0664. The molecule has 0 radical (unpaired) electrons. The van der Waals surface area contributed by atoms with Crippen molar-refractivity contribution in [1.82, 2.24) is 0 Å². The molecule has 5 nitrogen and oxygen atoms in total. The first-order valence-electron chi connectivity index (χ1n) is 5.90. The Kier molecular flexibility index (Phi) is 2.97. The van der Waals surface area contributed by atoms with Gasteiger partial charge in [-0.2, -0.15) is 0 Å². The number of ketones is 1. The highest BCUT2D eigenvalue weighted by Crippen LogP contribution is 2.36. The number of fused-ring (bicyclic) bond motifs is 2. The van der Waals surface area contributed by atoms with Gasteiger partial charge < -0.3 is 19.5 Å². The van der Waals surface area contributed by atoms with Gasteiger partial charge in [0.25, 0.3) is 0 Å². The van der Waals surface area contributed by atoms with Gasteiger partial charge >= 0.3 is 0 Å². The van der Waals surface area contributed by atoms with Gasteiger partial charge in [-0.05, 0) is 18.2 Å². The first-order valence-corrected chi connectivity index (χ1v) is 5.90. The molecule has 0 bridgehead atoms. The van der Waals surface area contributed by atoms with Crippen molar-refractivity contribution in [3.8, 4) is 11.5 Å². The Bertz CT molecular complexity index is 577. The number of rotatable bonds is 3. The molecule has 0 aromatic heterocycles. The number of hydrogen-bond donors (Lipinski definition) is 1. The van der Waals surface area contributed by atoms with E-state index in [-0.39, 0.29) is 18.6 Å². The lowest BCUT2D eigenvalue weighted by atomic mass is 10.1. The fourth-order valence-corrected chi connectivity index (χ4v) is 1.99. The Labute approximate surface area is 110 Å². The fourth-order valence-electron chi connectivity index (χ4n) is 1.99. The molecular weight excluding hydrogens is 246 g/mol. The van der Waals surface area contributed by atoms with Gasteiger partial charge in [0.2, 0.25) is 0 Å². The average Bonchev–Trinajstić information content (AvgIpc) is 2.42. The molecule has 1 N–H and O–H groups in total. The van der Waals surface area contributed by atoms with Crippen LogP contribution in [0.4, 0.5) is 5.69 Å². The van der Waals surface area contributed by atoms with Crippen molar-refractivity contribution in [3.05, 3.63) is 42.2 Å². The third-order valence-corrected chi connectivity index (χ3v) is 2.88. The van der Waals surface area contributed by atoms with Crippen LogP contribution in [-0.2, 0) is 9.53 Å². The molecular formula is C14H13NO4. The lowest BCUT2D eigenvalue weighted by Gasteiger charge is -2.29. The summed E-state index contributed by atoms with van der Waals surface area (Å²) in [7, 11) is 1.56. The summed E-state index contributed by atoms with van der Waals surface area (Å²) in [6.45, 7) is 0.179. The van der Waals surface area contributed by atoms with E-state index in [0.29, 0.717) is 17.3 Å². The highest BCUT2D eigenvalue weighted by Gasteiger charge is 2.25. The molecule has 1 aliphatic carbocycles. The van der Waals surface area contributed by atoms with Crippen LogP contribution in [0.5, 0.6) is 11.5 Å². The van der Waals surface area contributed by atoms with Crippen molar-refractivity contribution in [2.24, 2.45) is 0 Å². The van der Waals surface area contributed by atoms with E-state index in [2.05, 4.69) is 5.32 Å². The molecule has 0 spiro atoms. The van der Waals surface area contributed by atoms with E-state index in [9.17, 15) is 4.79 Å². The summed E-state index contributed by atoms with van der Waals surface area (Å²) in [5, 5.41) is 3.28. The first-order chi connectivity index (χ1) is 9.26. The second-order valence-electron chi connectivity index (χ2n) is 4.24. The SMILES string of the molecule is COCOc1ccc2c(c1)OC1=CC(=O)C=CC1N2. The molecule has 3 rings (SSSR count). The topological polar surface area (TPSA) is 56.8 Å². The van der Waals surface area contributed by atoms with Crippen molar-refractivity contribution in [3.63, 3.8) is 0 Å². The Balaban J connectivity index is 1.87. The van der Waals surface area contributed by atoms with Gasteiger partial charge in [-0.25, -0.2) is 0 Å². The van der Waals surface area contributed by atoms with Crippen LogP contribution in [0.1, 0.15) is 0 Å². The molecule has 0 amide bonds. The van der Waals surface area contributed by atoms with Crippen molar-refractivity contribution in [2.75, 3.05) is 19.2 Å². The Hall–Kier alpha value is -2.27. The monoisotopic (exact) mass is 259 g/mol. The van der Waals surface area contributed by atoms with Crippen LogP contribution in [0.2, 0.25) is 0 Å². The Morgan fingerprint density at radius 1 is 1.42 bits per heavy atom. The van der Waals surface area contributed by atoms with Crippen LogP contribution in [0, 0.1) is 0 Å². The maximum Gasteiger partial charge on any atom is 0.188 e. The summed E-state index contributed by atoms with van der Waals surface area (Å²) in [5.41, 5.74) is 0.867. The number of carbonyl (C=O) groups excluding carboxylic acids is 1. The van der Waals surface area contributed by atoms with E-state index in [4.69, 9.17) is 14.2 Å². The van der Waals surface area contributed by atoms with E-state index in [0.717, 1.165) is 5.69 Å². The molecule has 1 atom stereocenters. The van der Waals surface area contributed by atoms with Gasteiger partial charge in [0.05, 0.1) is 5.69 Å². The summed E-state index contributed by atoms with van der Waals surface area (Å²) in [6, 6.07) is 5.39. The molecule has 1 aliphatic heterocycles. The van der Waals surface area contributed by atoms with Gasteiger partial charge in [0.15, 0.2) is 18.3 Å². The van der Waals surface area contributed by atoms with E-state index < -0.39 is 0 Å². The number of nitrogens with one attached hydrogen (secondary N) is 1. The van der Waals surface area contributed by atoms with Crippen LogP contribution < -0.4 is 14.8 Å². The van der Waals surface area contributed by atoms with Crippen LogP contribution in [0.25, 0.3) is 0 Å². The van der Waals surface area contributed by atoms with Gasteiger partial charge in [0.1, 0.15) is 17.6 Å². The van der Waals surface area contributed by atoms with Crippen molar-refractivity contribution in [2.45, 2.75) is 6.04 Å². The summed E-state index contributed by atoms with van der Waals surface area (Å²) in [4.78, 5) is 11.3. The second-order valence-corrected chi connectivity index (χ2v) is 4.24. The average molecular weight is 259 g/mol. The van der Waals surface area contributed by atoms with E-state index in [1.54, 1.807) is 19.3 Å². The molecule has 98 valence electrons. The van der Waals surface area contributed by atoms with Gasteiger partial charge in [-0.1, -0.05) is 6.08 Å². The predicted octanol–water partition coefficient (Wildman–Crippen LogP) is 1.86. The van der Waals surface area contributed by atoms with Crippen LogP contribution in [-0.4, -0.2) is 25.7 Å². The lowest BCUT2D eigenvalue weighted by Crippen LogP contribution is -2.30. The van der Waals surface area contributed by atoms with Gasteiger partial charge in [-0.15, -0.1) is 0 Å². The Morgan fingerprint density at radius 2 is 2.32 bits per heavy atom. The zero-order valence-electron chi connectivity index (χ0n) is 10.4. The number of carbonyl (C=O) groups is 1. The molecule has 0 saturated carbocycles. The minimum Gasteiger partial charge on any atom is -0.467 e. The first kappa shape index (κ1) is 11.8. The molecule has 0 fully saturated rings. The quantitative estimate of drug-likeness (QED) is 0.840. The van der Waals surface area contributed by atoms with Gasteiger partial charge in [0, 0.05) is 19.3 Å². The molecule has 2 aliphatic rings. The molecule has 1 aromatic carbocycles. The number of benzene rings is 1. The second kappa shape index (κ2) is 4.78. The fraction of sp³-hybridized carbons (Fsp3) is 0.214. The zero-order chi connectivity index (χ0) is 13.2. The van der Waals surface area contributed by atoms with Crippen molar-refractivity contribution < 1.29 is 19.0 Å². The zero-order valence-corrected chi connectivity index (χ0v) is 10.4. The standard InChI is InChI=1S/C14H13NO4/c1-17-8-18-10-3-5-12-14(7-10)19-13-6-9(16)2-4-11(13)15-12/h2-7,11,15H,8H2,1H3. The van der Waals surface area contributed by atoms with Crippen LogP contribution in [0.3, 0.4) is 0 Å². The summed E-state index contributed by atoms with van der Waals surface area (Å²) in [6.07, 6.45) is 4.81. The highest BCUT2D eigenvalue weighted by atomic mass is 16.7. The summed E-state index contributed by atoms with van der Waals surface area (Å²) < 4.78 is 15.9. The third kappa shape index (κ3) is 2.32. The third-order valence-electron chi connectivity index (χ3n) is 2.88. The van der Waals surface area contributed by atoms with E-state index in [1.807, 2.05) is 12.1 Å². The molecule has 5 heteroatoms. The molecule has 1 aromatic rings. The maximum atomic E-state index is 11.3. The van der Waals surface area contributed by atoms with Gasteiger partial charge in [-0.3, -0.25) is 4.79 Å². The van der Waals surface area contributed by atoms with E-state index in [1.165, 1.54) is 12.2 Å². The van der Waals surface area contributed by atoms with Crippen LogP contribution >= 0.6 is 0 Å². The smallest absolute Gasteiger partial charge is 0.188 e. The predicted molar refractivity (Wildman–Crippen MR) is 69.2 cm³/mol. The Morgan fingerprint density at radius 3 is 3.16 bits per heavy atom. The lowest BCUT2D eigenvalue weighted by molar-refractivity contribution is -0.110. The summed E-state index contributed by atoms with van der Waals surface area (Å²) in [5.74, 6) is 1.82. The maximum absolute atomic E-state index is 11.3. The number of anilines is 1.